The maximum atomic E-state index is 5.01. The molecule has 0 amide bonds. The topological polar surface area (TPSA) is 38.7 Å². The van der Waals surface area contributed by atoms with Gasteiger partial charge in [-0.15, -0.1) is 0 Å². The van der Waals surface area contributed by atoms with Crippen LogP contribution in [0, 0.1) is 23.7 Å². The predicted octanol–water partition coefficient (Wildman–Crippen LogP) is 12.6. The lowest BCUT2D eigenvalue weighted by Crippen LogP contribution is -2.58. The largest absolute Gasteiger partial charge is 0.208 e. The Hall–Kier alpha value is -5.67. The molecule has 1 heterocycles. The number of nitrogens with zero attached hydrogens (tertiary/aromatic N) is 3. The van der Waals surface area contributed by atoms with Gasteiger partial charge in [-0.25, -0.2) is 15.0 Å². The van der Waals surface area contributed by atoms with E-state index in [1.807, 2.05) is 36.4 Å². The van der Waals surface area contributed by atoms with Gasteiger partial charge in [0.1, 0.15) is 0 Å². The van der Waals surface area contributed by atoms with Crippen LogP contribution in [0.2, 0.25) is 0 Å². The van der Waals surface area contributed by atoms with Gasteiger partial charge >= 0.3 is 0 Å². The predicted molar refractivity (Wildman–Crippen MR) is 223 cm³/mol. The van der Waals surface area contributed by atoms with Crippen molar-refractivity contribution in [1.82, 2.24) is 15.0 Å². The monoisotopic (exact) mass is 711 g/mol. The first kappa shape index (κ1) is 32.7. The molecule has 7 aromatic rings. The molecule has 4 bridgehead atoms. The second-order valence-electron chi connectivity index (χ2n) is 17.3. The molecule has 0 atom stereocenters. The SMILES string of the molecule is CC1(C)c2ccccc2C2(c3ccc(-c4cccc(-c5cccc(-c6nc(-c7ccccc7)nc(-c7ccccc7)n6)c5)c4)cc31)C1CC3CC(C1)CC2C3. The molecule has 6 aromatic carbocycles. The Kier molecular flexibility index (Phi) is 7.40. The summed E-state index contributed by atoms with van der Waals surface area (Å²) >= 11 is 0. The van der Waals surface area contributed by atoms with Crippen LogP contribution in [0.3, 0.4) is 0 Å². The van der Waals surface area contributed by atoms with E-state index in [9.17, 15) is 0 Å². The summed E-state index contributed by atoms with van der Waals surface area (Å²) in [4.78, 5) is 14.9. The zero-order chi connectivity index (χ0) is 36.7. The van der Waals surface area contributed by atoms with E-state index >= 15 is 0 Å². The molecule has 4 fully saturated rings. The Bertz CT molecular complexity index is 2500. The Morgan fingerprint density at radius 3 is 1.35 bits per heavy atom. The van der Waals surface area contributed by atoms with Crippen molar-refractivity contribution in [2.45, 2.75) is 56.8 Å². The Balaban J connectivity index is 0.992. The van der Waals surface area contributed by atoms with Gasteiger partial charge in [0.25, 0.3) is 0 Å². The van der Waals surface area contributed by atoms with Crippen molar-refractivity contribution in [2.75, 3.05) is 0 Å². The van der Waals surface area contributed by atoms with Gasteiger partial charge in [-0.3, -0.25) is 0 Å². The van der Waals surface area contributed by atoms with Crippen LogP contribution < -0.4 is 0 Å². The molecule has 268 valence electrons. The van der Waals surface area contributed by atoms with Gasteiger partial charge < -0.3 is 0 Å². The minimum atomic E-state index is -0.0739. The average Bonchev–Trinajstić information content (AvgIpc) is 3.24. The third kappa shape index (κ3) is 5.12. The molecular weight excluding hydrogens is 667 g/mol. The average molecular weight is 712 g/mol. The summed E-state index contributed by atoms with van der Waals surface area (Å²) < 4.78 is 0. The van der Waals surface area contributed by atoms with E-state index in [0.717, 1.165) is 45.9 Å². The van der Waals surface area contributed by atoms with Gasteiger partial charge in [0, 0.05) is 27.5 Å². The van der Waals surface area contributed by atoms with Crippen LogP contribution in [-0.4, -0.2) is 15.0 Å². The smallest absolute Gasteiger partial charge is 0.164 e. The molecule has 12 rings (SSSR count). The van der Waals surface area contributed by atoms with Crippen molar-refractivity contribution in [1.29, 1.82) is 0 Å². The fourth-order valence-corrected chi connectivity index (χ4v) is 11.7. The van der Waals surface area contributed by atoms with Crippen LogP contribution in [0.25, 0.3) is 56.4 Å². The van der Waals surface area contributed by atoms with Gasteiger partial charge in [0.05, 0.1) is 0 Å². The minimum absolute atomic E-state index is 0.0739. The molecule has 1 spiro atoms. The van der Waals surface area contributed by atoms with Gasteiger partial charge in [-0.2, -0.15) is 0 Å². The van der Waals surface area contributed by atoms with E-state index in [1.165, 1.54) is 54.4 Å². The van der Waals surface area contributed by atoms with Crippen LogP contribution in [0.15, 0.2) is 152 Å². The minimum Gasteiger partial charge on any atom is -0.208 e. The number of hydrogen-bond donors (Lipinski definition) is 0. The molecule has 3 nitrogen and oxygen atoms in total. The number of hydrogen-bond acceptors (Lipinski definition) is 3. The molecule has 0 unspecified atom stereocenters. The van der Waals surface area contributed by atoms with Crippen molar-refractivity contribution >= 4 is 0 Å². The van der Waals surface area contributed by atoms with E-state index in [4.69, 9.17) is 15.0 Å². The number of rotatable bonds is 5. The van der Waals surface area contributed by atoms with Gasteiger partial charge in [0.2, 0.25) is 0 Å². The normalized spacial score (nSPS) is 24.0. The quantitative estimate of drug-likeness (QED) is 0.178. The maximum absolute atomic E-state index is 5.01. The maximum Gasteiger partial charge on any atom is 0.164 e. The highest BCUT2D eigenvalue weighted by molar-refractivity contribution is 5.78. The molecule has 0 saturated heterocycles. The molecule has 0 radical (unpaired) electrons. The first-order chi connectivity index (χ1) is 26.9. The second kappa shape index (κ2) is 12.4. The molecule has 1 aromatic heterocycles. The summed E-state index contributed by atoms with van der Waals surface area (Å²) in [5, 5.41) is 0. The van der Waals surface area contributed by atoms with Crippen molar-refractivity contribution in [3.05, 3.63) is 174 Å². The van der Waals surface area contributed by atoms with E-state index in [0.29, 0.717) is 17.5 Å². The third-order valence-electron chi connectivity index (χ3n) is 14.0. The van der Waals surface area contributed by atoms with Crippen molar-refractivity contribution < 1.29 is 0 Å². The fraction of sp³-hybridized carbons (Fsp3) is 0.250. The standard InChI is InChI=1S/C52H45N3/c1-51(2)44-21-9-10-22-45(44)52(42-26-33-25-34(28-42)29-43(52)27-33)46-24-23-40(32-47(46)51)38-18-11-17-37(30-38)39-19-12-20-41(31-39)50-54-48(35-13-5-3-6-14-35)53-49(55-50)36-15-7-4-8-16-36/h3-24,30-34,42-43H,25-29H2,1-2H3. The third-order valence-corrected chi connectivity index (χ3v) is 14.0. The highest BCUT2D eigenvalue weighted by atomic mass is 15.0. The summed E-state index contributed by atoms with van der Waals surface area (Å²) in [6, 6.07) is 55.2. The van der Waals surface area contributed by atoms with Crippen molar-refractivity contribution in [3.63, 3.8) is 0 Å². The van der Waals surface area contributed by atoms with E-state index in [1.54, 1.807) is 16.7 Å². The Morgan fingerprint density at radius 1 is 0.364 bits per heavy atom. The van der Waals surface area contributed by atoms with Gasteiger partial charge in [0.15, 0.2) is 17.5 Å². The number of fused-ring (bicyclic) bond motifs is 2. The Labute approximate surface area is 324 Å². The van der Waals surface area contributed by atoms with Crippen molar-refractivity contribution in [3.8, 4) is 56.4 Å². The zero-order valence-corrected chi connectivity index (χ0v) is 31.6. The number of aromatic nitrogens is 3. The second-order valence-corrected chi connectivity index (χ2v) is 17.3. The molecule has 5 aliphatic rings. The van der Waals surface area contributed by atoms with Crippen LogP contribution in [0.5, 0.6) is 0 Å². The molecule has 55 heavy (non-hydrogen) atoms. The lowest BCUT2D eigenvalue weighted by molar-refractivity contribution is -0.0443. The van der Waals surface area contributed by atoms with Crippen molar-refractivity contribution in [2.24, 2.45) is 23.7 Å². The van der Waals surface area contributed by atoms with Gasteiger partial charge in [-0.05, 0) is 118 Å². The zero-order valence-electron chi connectivity index (χ0n) is 31.6. The lowest BCUT2D eigenvalue weighted by atomic mass is 9.39. The van der Waals surface area contributed by atoms with E-state index in [-0.39, 0.29) is 10.8 Å². The molecule has 3 heteroatoms. The van der Waals surface area contributed by atoms with Crippen LogP contribution in [0.4, 0.5) is 0 Å². The lowest BCUT2D eigenvalue weighted by Gasteiger charge is -2.64. The molecular formula is C52H45N3. The summed E-state index contributed by atoms with van der Waals surface area (Å²) in [6.45, 7) is 4.93. The summed E-state index contributed by atoms with van der Waals surface area (Å²) in [5.41, 5.74) is 14.2. The molecule has 5 aliphatic carbocycles. The highest BCUT2D eigenvalue weighted by Gasteiger charge is 2.62. The molecule has 0 N–H and O–H groups in total. The highest BCUT2D eigenvalue weighted by Crippen LogP contribution is 2.68. The Morgan fingerprint density at radius 2 is 0.782 bits per heavy atom. The molecule has 4 saturated carbocycles. The van der Waals surface area contributed by atoms with Gasteiger partial charge in [-0.1, -0.05) is 147 Å². The van der Waals surface area contributed by atoms with Crippen LogP contribution in [-0.2, 0) is 10.8 Å². The molecule has 0 aliphatic heterocycles. The van der Waals surface area contributed by atoms with E-state index in [2.05, 4.69) is 129 Å². The van der Waals surface area contributed by atoms with E-state index < -0.39 is 0 Å². The first-order valence-corrected chi connectivity index (χ1v) is 20.3. The fourth-order valence-electron chi connectivity index (χ4n) is 11.7. The summed E-state index contributed by atoms with van der Waals surface area (Å²) in [7, 11) is 0. The first-order valence-electron chi connectivity index (χ1n) is 20.3. The number of benzene rings is 6. The summed E-state index contributed by atoms with van der Waals surface area (Å²) in [5.74, 6) is 5.37. The summed E-state index contributed by atoms with van der Waals surface area (Å²) in [6.07, 6.45) is 7.07. The van der Waals surface area contributed by atoms with Crippen LogP contribution >= 0.6 is 0 Å². The van der Waals surface area contributed by atoms with Crippen LogP contribution in [0.1, 0.15) is 68.2 Å².